The van der Waals surface area contributed by atoms with E-state index in [1.54, 1.807) is 28.9 Å². The maximum Gasteiger partial charge on any atom is 0.255 e. The molecular formula is C28H24Cl3N5O2S. The van der Waals surface area contributed by atoms with Crippen molar-refractivity contribution in [1.82, 2.24) is 14.8 Å². The molecule has 1 aliphatic heterocycles. The molecule has 1 aliphatic rings. The van der Waals surface area contributed by atoms with Gasteiger partial charge >= 0.3 is 0 Å². The number of anilines is 2. The number of para-hydroxylation sites is 2. The zero-order chi connectivity index (χ0) is 27.5. The van der Waals surface area contributed by atoms with Crippen molar-refractivity contribution < 1.29 is 9.53 Å². The molecule has 0 aliphatic carbocycles. The number of fused-ring (bicyclic) bond motifs is 1. The maximum absolute atomic E-state index is 13.8. The van der Waals surface area contributed by atoms with Crippen LogP contribution in [0.3, 0.4) is 0 Å². The molecule has 2 heterocycles. The standard InChI is InChI=1S/C28H24Cl3N5O2S/c1-3-38-23-11-7-6-10-22(23)33-26(37)24-16(2)32-27-34-28(39-15-17-8-4-5-9-20(17)30)35-36(27)25(24)19-13-12-18(29)14-21(19)31/h4-14,25H,3,15H2,1-2H3,(H,33,37)(H,32,34,35). The van der Waals surface area contributed by atoms with E-state index in [0.29, 0.717) is 66.8 Å². The normalized spacial score (nSPS) is 14.5. The summed E-state index contributed by atoms with van der Waals surface area (Å²) in [5.41, 5.74) is 3.26. The topological polar surface area (TPSA) is 81.1 Å². The van der Waals surface area contributed by atoms with E-state index in [4.69, 9.17) is 49.6 Å². The van der Waals surface area contributed by atoms with Gasteiger partial charge in [-0.25, -0.2) is 4.68 Å². The fourth-order valence-electron chi connectivity index (χ4n) is 4.30. The Morgan fingerprint density at radius 3 is 2.62 bits per heavy atom. The first-order valence-electron chi connectivity index (χ1n) is 12.1. The Labute approximate surface area is 245 Å². The van der Waals surface area contributed by atoms with E-state index in [-0.39, 0.29) is 5.91 Å². The van der Waals surface area contributed by atoms with E-state index in [2.05, 4.69) is 10.6 Å². The number of amides is 1. The molecular weight excluding hydrogens is 577 g/mol. The van der Waals surface area contributed by atoms with Gasteiger partial charge in [0.2, 0.25) is 11.1 Å². The van der Waals surface area contributed by atoms with Crippen LogP contribution in [-0.4, -0.2) is 27.3 Å². The van der Waals surface area contributed by atoms with E-state index >= 15 is 0 Å². The molecule has 0 radical (unpaired) electrons. The minimum atomic E-state index is -0.660. The van der Waals surface area contributed by atoms with Crippen molar-refractivity contribution in [3.63, 3.8) is 0 Å². The maximum atomic E-state index is 13.8. The Balaban J connectivity index is 1.52. The van der Waals surface area contributed by atoms with Crippen molar-refractivity contribution >= 4 is 64.1 Å². The molecule has 0 saturated heterocycles. The van der Waals surface area contributed by atoms with Crippen LogP contribution in [0.4, 0.5) is 11.6 Å². The Morgan fingerprint density at radius 1 is 1.08 bits per heavy atom. The van der Waals surface area contributed by atoms with Gasteiger partial charge in [-0.2, -0.15) is 4.98 Å². The highest BCUT2D eigenvalue weighted by molar-refractivity contribution is 7.98. The lowest BCUT2D eigenvalue weighted by molar-refractivity contribution is -0.113. The van der Waals surface area contributed by atoms with Gasteiger partial charge in [-0.15, -0.1) is 5.10 Å². The number of carbonyl (C=O) groups excluding carboxylic acids is 1. The summed E-state index contributed by atoms with van der Waals surface area (Å²) in [6.07, 6.45) is 0. The Hall–Kier alpha value is -3.17. The van der Waals surface area contributed by atoms with E-state index < -0.39 is 6.04 Å². The van der Waals surface area contributed by atoms with Crippen LogP contribution in [0.5, 0.6) is 5.75 Å². The molecule has 11 heteroatoms. The first-order chi connectivity index (χ1) is 18.9. The summed E-state index contributed by atoms with van der Waals surface area (Å²) in [4.78, 5) is 18.5. The third kappa shape index (κ3) is 5.89. The molecule has 0 saturated carbocycles. The van der Waals surface area contributed by atoms with Crippen molar-refractivity contribution in [3.05, 3.63) is 104 Å². The lowest BCUT2D eigenvalue weighted by atomic mass is 9.95. The number of benzene rings is 3. The Kier molecular flexibility index (Phi) is 8.37. The highest BCUT2D eigenvalue weighted by Gasteiger charge is 2.36. The lowest BCUT2D eigenvalue weighted by Crippen LogP contribution is -2.31. The van der Waals surface area contributed by atoms with Crippen LogP contribution in [0, 0.1) is 0 Å². The number of thioether (sulfide) groups is 1. The molecule has 4 aromatic rings. The molecule has 1 atom stereocenters. The second-order valence-electron chi connectivity index (χ2n) is 8.66. The van der Waals surface area contributed by atoms with Crippen molar-refractivity contribution in [1.29, 1.82) is 0 Å². The van der Waals surface area contributed by atoms with Gasteiger partial charge in [-0.1, -0.05) is 83.0 Å². The average Bonchev–Trinajstić information content (AvgIpc) is 3.31. The van der Waals surface area contributed by atoms with Crippen molar-refractivity contribution in [2.45, 2.75) is 30.8 Å². The fourth-order valence-corrected chi connectivity index (χ4v) is 5.92. The first-order valence-corrected chi connectivity index (χ1v) is 14.3. The summed E-state index contributed by atoms with van der Waals surface area (Å²) in [6, 6.07) is 19.5. The zero-order valence-corrected chi connectivity index (χ0v) is 24.1. The summed E-state index contributed by atoms with van der Waals surface area (Å²) < 4.78 is 7.39. The molecule has 0 bridgehead atoms. The van der Waals surface area contributed by atoms with E-state index in [1.807, 2.05) is 56.3 Å². The number of allylic oxidation sites excluding steroid dienone is 1. The number of carbonyl (C=O) groups is 1. The van der Waals surface area contributed by atoms with Crippen LogP contribution in [-0.2, 0) is 10.5 Å². The van der Waals surface area contributed by atoms with Gasteiger partial charge in [-0.05, 0) is 49.7 Å². The molecule has 1 aromatic heterocycles. The van der Waals surface area contributed by atoms with Crippen molar-refractivity contribution in [3.8, 4) is 5.75 Å². The summed E-state index contributed by atoms with van der Waals surface area (Å²) in [5, 5.41) is 13.1. The quantitative estimate of drug-likeness (QED) is 0.200. The zero-order valence-electron chi connectivity index (χ0n) is 21.0. The van der Waals surface area contributed by atoms with Crippen molar-refractivity contribution in [2.24, 2.45) is 0 Å². The predicted molar refractivity (Wildman–Crippen MR) is 158 cm³/mol. The molecule has 39 heavy (non-hydrogen) atoms. The first kappa shape index (κ1) is 27.4. The number of ether oxygens (including phenoxy) is 1. The highest BCUT2D eigenvalue weighted by Crippen LogP contribution is 2.40. The number of hydrogen-bond acceptors (Lipinski definition) is 6. The second-order valence-corrected chi connectivity index (χ2v) is 10.9. The third-order valence-electron chi connectivity index (χ3n) is 6.08. The Morgan fingerprint density at radius 2 is 1.85 bits per heavy atom. The van der Waals surface area contributed by atoms with Crippen molar-refractivity contribution in [2.75, 3.05) is 17.2 Å². The number of nitrogens with zero attached hydrogens (tertiary/aromatic N) is 3. The number of nitrogens with one attached hydrogen (secondary N) is 2. The van der Waals surface area contributed by atoms with Crippen LogP contribution in [0.15, 0.2) is 83.2 Å². The second kappa shape index (κ2) is 11.9. The average molecular weight is 601 g/mol. The summed E-state index contributed by atoms with van der Waals surface area (Å²) in [5.74, 6) is 1.34. The number of aromatic nitrogens is 3. The van der Waals surface area contributed by atoms with Gasteiger partial charge in [0.1, 0.15) is 11.8 Å². The highest BCUT2D eigenvalue weighted by atomic mass is 35.5. The largest absolute Gasteiger partial charge is 0.492 e. The van der Waals surface area contributed by atoms with Gasteiger partial charge in [-0.3, -0.25) is 4.79 Å². The van der Waals surface area contributed by atoms with E-state index in [9.17, 15) is 4.79 Å². The van der Waals surface area contributed by atoms with Gasteiger partial charge in [0, 0.05) is 32.1 Å². The number of hydrogen-bond donors (Lipinski definition) is 2. The minimum absolute atomic E-state index is 0.324. The smallest absolute Gasteiger partial charge is 0.255 e. The molecule has 0 fully saturated rings. The molecule has 200 valence electrons. The van der Waals surface area contributed by atoms with Gasteiger partial charge in [0.15, 0.2) is 0 Å². The molecule has 5 rings (SSSR count). The lowest BCUT2D eigenvalue weighted by Gasteiger charge is -2.29. The minimum Gasteiger partial charge on any atom is -0.492 e. The van der Waals surface area contributed by atoms with Gasteiger partial charge < -0.3 is 15.4 Å². The van der Waals surface area contributed by atoms with Crippen LogP contribution in [0.25, 0.3) is 0 Å². The van der Waals surface area contributed by atoms with Crippen LogP contribution in [0.2, 0.25) is 15.1 Å². The molecule has 3 aromatic carbocycles. The molecule has 0 spiro atoms. The van der Waals surface area contributed by atoms with E-state index in [1.165, 1.54) is 11.8 Å². The summed E-state index contributed by atoms with van der Waals surface area (Å²) >= 11 is 20.7. The third-order valence-corrected chi connectivity index (χ3v) is 7.90. The molecule has 1 unspecified atom stereocenters. The molecule has 1 amide bonds. The summed E-state index contributed by atoms with van der Waals surface area (Å²) in [6.45, 7) is 4.19. The predicted octanol–water partition coefficient (Wildman–Crippen LogP) is 7.86. The van der Waals surface area contributed by atoms with Gasteiger partial charge in [0.25, 0.3) is 5.91 Å². The number of halogens is 3. The van der Waals surface area contributed by atoms with Crippen LogP contribution in [0.1, 0.15) is 31.0 Å². The van der Waals surface area contributed by atoms with E-state index in [0.717, 1.165) is 5.56 Å². The van der Waals surface area contributed by atoms with Crippen LogP contribution >= 0.6 is 46.6 Å². The molecule has 2 N–H and O–H groups in total. The SMILES string of the molecule is CCOc1ccccc1NC(=O)C1=C(C)Nc2nc(SCc3ccccc3Cl)nn2C1c1ccc(Cl)cc1Cl. The Bertz CT molecular complexity index is 1570. The van der Waals surface area contributed by atoms with Gasteiger partial charge in [0.05, 0.1) is 17.9 Å². The van der Waals surface area contributed by atoms with Crippen LogP contribution < -0.4 is 15.4 Å². The summed E-state index contributed by atoms with van der Waals surface area (Å²) in [7, 11) is 0. The fraction of sp³-hybridized carbons (Fsp3) is 0.179. The molecule has 7 nitrogen and oxygen atoms in total. The number of rotatable bonds is 8. The monoisotopic (exact) mass is 599 g/mol.